The number of amides is 1. The van der Waals surface area contributed by atoms with Crippen molar-refractivity contribution < 1.29 is 4.79 Å². The van der Waals surface area contributed by atoms with Crippen molar-refractivity contribution in [2.45, 2.75) is 32.2 Å². The van der Waals surface area contributed by atoms with Crippen LogP contribution < -0.4 is 11.1 Å². The van der Waals surface area contributed by atoms with Gasteiger partial charge >= 0.3 is 0 Å². The molecule has 1 fully saturated rings. The predicted octanol–water partition coefficient (Wildman–Crippen LogP) is 2.83. The monoisotopic (exact) mass is 296 g/mol. The lowest BCUT2D eigenvalue weighted by Gasteiger charge is -2.20. The summed E-state index contributed by atoms with van der Waals surface area (Å²) in [6, 6.07) is 5.47. The highest BCUT2D eigenvalue weighted by Crippen LogP contribution is 2.27. The lowest BCUT2D eigenvalue weighted by atomic mass is 10.0. The summed E-state index contributed by atoms with van der Waals surface area (Å²) in [7, 11) is 0. The molecule has 102 valence electrons. The van der Waals surface area contributed by atoms with E-state index in [1.54, 1.807) is 6.07 Å². The normalized spacial score (nSPS) is 22.2. The minimum absolute atomic E-state index is 0.0292. The smallest absolute Gasteiger partial charge is 0.253 e. The van der Waals surface area contributed by atoms with Gasteiger partial charge in [0.1, 0.15) is 0 Å². The van der Waals surface area contributed by atoms with Crippen LogP contribution in [0, 0.1) is 12.8 Å². The number of nitrogens with one attached hydrogen (secondary N) is 1. The van der Waals surface area contributed by atoms with Crippen LogP contribution in [0.1, 0.15) is 35.2 Å². The fourth-order valence-corrected chi connectivity index (χ4v) is 3.04. The van der Waals surface area contributed by atoms with Gasteiger partial charge in [0.2, 0.25) is 0 Å². The van der Waals surface area contributed by atoms with E-state index in [4.69, 9.17) is 29.6 Å². The number of hydrogen-bond donors (Lipinski definition) is 2. The van der Waals surface area contributed by atoms with Gasteiger partial charge in [-0.05, 0) is 31.4 Å². The summed E-state index contributed by atoms with van der Waals surface area (Å²) >= 11 is 11.2. The molecule has 0 aliphatic heterocycles. The molecule has 2 atom stereocenters. The summed E-state index contributed by atoms with van der Waals surface area (Å²) in [4.78, 5) is 12.7. The Morgan fingerprint density at radius 2 is 2.21 bits per heavy atom. The number of carbonyl (C=O) groups is 1. The number of rotatable bonds is 3. The topological polar surface area (TPSA) is 55.1 Å². The average Bonchev–Trinajstić information content (AvgIpc) is 2.80. The zero-order valence-corrected chi connectivity index (χ0v) is 12.4. The van der Waals surface area contributed by atoms with Gasteiger partial charge in [-0.15, -0.1) is 0 Å². The first kappa shape index (κ1) is 14.3. The first-order valence-electron chi connectivity index (χ1n) is 6.36. The van der Waals surface area contributed by atoms with E-state index in [1.807, 2.05) is 19.1 Å². The standard InChI is InChI=1S/C14H17ClN2OS/c1-8-4-2-6-10(12(8)15)14(18)17-11-7-3-5-9(11)13(16)19/h2,4,6,9,11H,3,5,7H2,1H3,(H2,16,19)(H,17,18). The molecular formula is C14H17ClN2OS. The molecule has 2 unspecified atom stereocenters. The van der Waals surface area contributed by atoms with Crippen molar-refractivity contribution in [2.75, 3.05) is 0 Å². The van der Waals surface area contributed by atoms with Crippen molar-refractivity contribution >= 4 is 34.7 Å². The highest BCUT2D eigenvalue weighted by Gasteiger charge is 2.31. The largest absolute Gasteiger partial charge is 0.393 e. The molecule has 1 aliphatic carbocycles. The van der Waals surface area contributed by atoms with Crippen LogP contribution in [0.3, 0.4) is 0 Å². The Labute approximate surface area is 123 Å². The number of nitrogens with two attached hydrogens (primary N) is 1. The molecule has 1 amide bonds. The Hall–Kier alpha value is -1.13. The van der Waals surface area contributed by atoms with Crippen LogP contribution in [0.4, 0.5) is 0 Å². The number of thiocarbonyl (C=S) groups is 1. The number of carbonyl (C=O) groups excluding carboxylic acids is 1. The van der Waals surface area contributed by atoms with E-state index in [0.717, 1.165) is 24.8 Å². The van der Waals surface area contributed by atoms with Gasteiger partial charge in [0.15, 0.2) is 0 Å². The van der Waals surface area contributed by atoms with Gasteiger partial charge < -0.3 is 11.1 Å². The van der Waals surface area contributed by atoms with Crippen LogP contribution in [0.5, 0.6) is 0 Å². The third-order valence-corrected chi connectivity index (χ3v) is 4.44. The van der Waals surface area contributed by atoms with Crippen molar-refractivity contribution in [1.82, 2.24) is 5.32 Å². The Bertz CT molecular complexity index is 518. The second kappa shape index (κ2) is 5.88. The van der Waals surface area contributed by atoms with Gasteiger partial charge in [0.05, 0.1) is 15.6 Å². The SMILES string of the molecule is Cc1cccc(C(=O)NC2CCCC2C(N)=S)c1Cl. The van der Waals surface area contributed by atoms with E-state index in [-0.39, 0.29) is 17.9 Å². The molecule has 1 saturated carbocycles. The molecule has 1 aliphatic rings. The molecule has 0 bridgehead atoms. The minimum Gasteiger partial charge on any atom is -0.393 e. The molecule has 0 spiro atoms. The molecule has 2 rings (SSSR count). The first-order chi connectivity index (χ1) is 9.00. The predicted molar refractivity (Wildman–Crippen MR) is 81.6 cm³/mol. The second-order valence-electron chi connectivity index (χ2n) is 4.96. The van der Waals surface area contributed by atoms with Gasteiger partial charge in [-0.1, -0.05) is 42.4 Å². The Balaban J connectivity index is 2.13. The Morgan fingerprint density at radius 1 is 1.47 bits per heavy atom. The Morgan fingerprint density at radius 3 is 2.89 bits per heavy atom. The maximum Gasteiger partial charge on any atom is 0.253 e. The van der Waals surface area contributed by atoms with Crippen LogP contribution >= 0.6 is 23.8 Å². The van der Waals surface area contributed by atoms with Crippen LogP contribution in [0.2, 0.25) is 5.02 Å². The third-order valence-electron chi connectivity index (χ3n) is 3.63. The first-order valence-corrected chi connectivity index (χ1v) is 7.14. The van der Waals surface area contributed by atoms with Crippen molar-refractivity contribution in [3.8, 4) is 0 Å². The molecule has 19 heavy (non-hydrogen) atoms. The van der Waals surface area contributed by atoms with Gasteiger partial charge in [-0.3, -0.25) is 4.79 Å². The van der Waals surface area contributed by atoms with Gasteiger partial charge in [-0.2, -0.15) is 0 Å². The second-order valence-corrected chi connectivity index (χ2v) is 5.81. The molecule has 0 radical (unpaired) electrons. The van der Waals surface area contributed by atoms with Crippen molar-refractivity contribution in [3.63, 3.8) is 0 Å². The maximum absolute atomic E-state index is 12.3. The van der Waals surface area contributed by atoms with Crippen molar-refractivity contribution in [1.29, 1.82) is 0 Å². The fourth-order valence-electron chi connectivity index (χ4n) is 2.54. The van der Waals surface area contributed by atoms with Crippen LogP contribution in [0.25, 0.3) is 0 Å². The molecule has 1 aromatic carbocycles. The minimum atomic E-state index is -0.151. The summed E-state index contributed by atoms with van der Waals surface area (Å²) in [5, 5.41) is 3.51. The quantitative estimate of drug-likeness (QED) is 0.843. The number of benzene rings is 1. The van der Waals surface area contributed by atoms with Crippen LogP contribution in [-0.2, 0) is 0 Å². The number of hydrogen-bond acceptors (Lipinski definition) is 2. The zero-order chi connectivity index (χ0) is 14.0. The molecule has 0 saturated heterocycles. The van der Waals surface area contributed by atoms with E-state index in [1.165, 1.54) is 0 Å². The highest BCUT2D eigenvalue weighted by atomic mass is 35.5. The summed E-state index contributed by atoms with van der Waals surface area (Å²) < 4.78 is 0. The van der Waals surface area contributed by atoms with Gasteiger partial charge in [0, 0.05) is 12.0 Å². The van der Waals surface area contributed by atoms with Gasteiger partial charge in [0.25, 0.3) is 5.91 Å². The molecule has 3 N–H and O–H groups in total. The summed E-state index contributed by atoms with van der Waals surface area (Å²) in [5.74, 6) is -0.0515. The summed E-state index contributed by atoms with van der Waals surface area (Å²) in [6.45, 7) is 1.88. The summed E-state index contributed by atoms with van der Waals surface area (Å²) in [6.07, 6.45) is 2.90. The lowest BCUT2D eigenvalue weighted by molar-refractivity contribution is 0.0934. The lowest BCUT2D eigenvalue weighted by Crippen LogP contribution is -2.41. The molecule has 0 aromatic heterocycles. The third kappa shape index (κ3) is 3.07. The van der Waals surface area contributed by atoms with E-state index in [0.29, 0.717) is 15.6 Å². The van der Waals surface area contributed by atoms with Crippen molar-refractivity contribution in [3.05, 3.63) is 34.3 Å². The van der Waals surface area contributed by atoms with E-state index in [2.05, 4.69) is 5.32 Å². The molecule has 1 aromatic rings. The summed E-state index contributed by atoms with van der Waals surface area (Å²) in [5.41, 5.74) is 7.12. The van der Waals surface area contributed by atoms with Crippen molar-refractivity contribution in [2.24, 2.45) is 11.7 Å². The van der Waals surface area contributed by atoms with Crippen LogP contribution in [-0.4, -0.2) is 16.9 Å². The fraction of sp³-hybridized carbons (Fsp3) is 0.429. The molecule has 3 nitrogen and oxygen atoms in total. The van der Waals surface area contributed by atoms with Gasteiger partial charge in [-0.25, -0.2) is 0 Å². The molecule has 0 heterocycles. The number of halogens is 1. The van der Waals surface area contributed by atoms with E-state index < -0.39 is 0 Å². The van der Waals surface area contributed by atoms with E-state index in [9.17, 15) is 4.79 Å². The maximum atomic E-state index is 12.3. The molecular weight excluding hydrogens is 280 g/mol. The Kier molecular flexibility index (Phi) is 4.42. The number of aryl methyl sites for hydroxylation is 1. The van der Waals surface area contributed by atoms with Crippen LogP contribution in [0.15, 0.2) is 18.2 Å². The zero-order valence-electron chi connectivity index (χ0n) is 10.8. The molecule has 5 heteroatoms. The van der Waals surface area contributed by atoms with E-state index >= 15 is 0 Å². The highest BCUT2D eigenvalue weighted by molar-refractivity contribution is 7.80. The average molecular weight is 297 g/mol.